The van der Waals surface area contributed by atoms with Gasteiger partial charge in [0.25, 0.3) is 5.91 Å². The molecule has 0 radical (unpaired) electrons. The van der Waals surface area contributed by atoms with Crippen molar-refractivity contribution in [2.75, 3.05) is 5.32 Å². The number of carbonyl (C=O) groups is 1. The molecular formula is C12H16Cl2N4OS2. The summed E-state index contributed by atoms with van der Waals surface area (Å²) in [5.41, 5.74) is 7.09. The Kier molecular flexibility index (Phi) is 6.12. The van der Waals surface area contributed by atoms with Gasteiger partial charge in [0.05, 0.1) is 4.88 Å². The maximum absolute atomic E-state index is 12.1. The largest absolute Gasteiger partial charge is 0.327 e. The molecule has 3 N–H and O–H groups in total. The first-order chi connectivity index (χ1) is 9.04. The highest BCUT2D eigenvalue weighted by atomic mass is 35.5. The molecular weight excluding hydrogens is 351 g/mol. The highest BCUT2D eigenvalue weighted by Gasteiger charge is 2.37. The van der Waals surface area contributed by atoms with Crippen LogP contribution in [0.3, 0.4) is 0 Å². The number of rotatable bonds is 3. The van der Waals surface area contributed by atoms with Crippen LogP contribution in [-0.4, -0.2) is 22.1 Å². The zero-order valence-corrected chi connectivity index (χ0v) is 14.7. The number of hydrogen-bond acceptors (Lipinski definition) is 6. The Morgan fingerprint density at radius 1 is 1.33 bits per heavy atom. The van der Waals surface area contributed by atoms with E-state index in [0.29, 0.717) is 15.9 Å². The van der Waals surface area contributed by atoms with Gasteiger partial charge < -0.3 is 5.73 Å². The summed E-state index contributed by atoms with van der Waals surface area (Å²) in [6.45, 7) is 3.89. The van der Waals surface area contributed by atoms with Crippen molar-refractivity contribution >= 4 is 58.5 Å². The Balaban J connectivity index is 0.00000110. The highest BCUT2D eigenvalue weighted by Crippen LogP contribution is 2.43. The fourth-order valence-electron chi connectivity index (χ4n) is 2.05. The molecule has 2 heterocycles. The predicted molar refractivity (Wildman–Crippen MR) is 91.5 cm³/mol. The second-order valence-corrected chi connectivity index (χ2v) is 7.15. The first-order valence-electron chi connectivity index (χ1n) is 6.02. The molecule has 21 heavy (non-hydrogen) atoms. The van der Waals surface area contributed by atoms with Crippen LogP contribution in [0.15, 0.2) is 6.07 Å². The molecule has 3 rings (SSSR count). The third-order valence-electron chi connectivity index (χ3n) is 3.17. The summed E-state index contributed by atoms with van der Waals surface area (Å²) in [6, 6.07) is 2.22. The van der Waals surface area contributed by atoms with Crippen molar-refractivity contribution in [3.63, 3.8) is 0 Å². The molecule has 1 fully saturated rings. The van der Waals surface area contributed by atoms with Gasteiger partial charge in [0, 0.05) is 16.8 Å². The molecule has 1 aliphatic rings. The van der Waals surface area contributed by atoms with Crippen LogP contribution in [0.5, 0.6) is 0 Å². The molecule has 2 unspecified atom stereocenters. The quantitative estimate of drug-likeness (QED) is 0.873. The van der Waals surface area contributed by atoms with E-state index in [4.69, 9.17) is 5.73 Å². The van der Waals surface area contributed by atoms with Crippen LogP contribution >= 0.6 is 47.5 Å². The van der Waals surface area contributed by atoms with Gasteiger partial charge in [-0.1, -0.05) is 11.3 Å². The molecule has 1 saturated carbocycles. The standard InChI is InChI=1S/C12H14N4OS2.2ClH/c1-5-7(8-3-9(8)13)4-10(18-5)11(17)14-12-16-15-6(2)19-12;;/h4,8-9H,3,13H2,1-2H3,(H,14,16,17);2*1H. The molecule has 0 spiro atoms. The van der Waals surface area contributed by atoms with E-state index in [1.807, 2.05) is 19.9 Å². The van der Waals surface area contributed by atoms with Crippen LogP contribution in [0.2, 0.25) is 0 Å². The number of thiophene rings is 1. The van der Waals surface area contributed by atoms with E-state index in [-0.39, 0.29) is 36.8 Å². The third kappa shape index (κ3) is 3.92. The van der Waals surface area contributed by atoms with Crippen LogP contribution < -0.4 is 11.1 Å². The lowest BCUT2D eigenvalue weighted by molar-refractivity contribution is 0.103. The van der Waals surface area contributed by atoms with E-state index in [9.17, 15) is 4.79 Å². The van der Waals surface area contributed by atoms with E-state index in [1.54, 1.807) is 0 Å². The Morgan fingerprint density at radius 3 is 2.52 bits per heavy atom. The fourth-order valence-corrected chi connectivity index (χ4v) is 3.63. The summed E-state index contributed by atoms with van der Waals surface area (Å²) < 4.78 is 0. The molecule has 116 valence electrons. The first kappa shape index (κ1) is 18.3. The number of hydrogen-bond donors (Lipinski definition) is 2. The van der Waals surface area contributed by atoms with Crippen LogP contribution in [0.1, 0.15) is 37.5 Å². The minimum Gasteiger partial charge on any atom is -0.327 e. The van der Waals surface area contributed by atoms with E-state index >= 15 is 0 Å². The average Bonchev–Trinajstić information content (AvgIpc) is 2.75. The summed E-state index contributed by atoms with van der Waals surface area (Å²) in [5.74, 6) is 0.311. The van der Waals surface area contributed by atoms with Gasteiger partial charge in [-0.3, -0.25) is 10.1 Å². The van der Waals surface area contributed by atoms with E-state index < -0.39 is 0 Å². The Morgan fingerprint density at radius 2 is 2.00 bits per heavy atom. The van der Waals surface area contributed by atoms with Gasteiger partial charge >= 0.3 is 0 Å². The maximum Gasteiger partial charge on any atom is 0.267 e. The minimum atomic E-state index is -0.121. The molecule has 2 atom stereocenters. The molecule has 1 aliphatic carbocycles. The number of carbonyl (C=O) groups excluding carboxylic acids is 1. The lowest BCUT2D eigenvalue weighted by Crippen LogP contribution is -2.09. The number of amides is 1. The maximum atomic E-state index is 12.1. The number of aryl methyl sites for hydroxylation is 2. The SMILES string of the molecule is Cc1nnc(NC(=O)c2cc(C3CC3N)c(C)s2)s1.Cl.Cl. The van der Waals surface area contributed by atoms with Gasteiger partial charge in [-0.05, 0) is 31.9 Å². The number of nitrogens with two attached hydrogens (primary N) is 1. The highest BCUT2D eigenvalue weighted by molar-refractivity contribution is 7.16. The van der Waals surface area contributed by atoms with Gasteiger partial charge in [0.2, 0.25) is 5.13 Å². The Hall–Kier alpha value is -0.730. The zero-order chi connectivity index (χ0) is 13.6. The number of nitrogens with zero attached hydrogens (tertiary/aromatic N) is 2. The van der Waals surface area contributed by atoms with Crippen molar-refractivity contribution in [3.05, 3.63) is 26.4 Å². The number of anilines is 1. The Bertz CT molecular complexity index is 643. The summed E-state index contributed by atoms with van der Waals surface area (Å²) in [4.78, 5) is 14.0. The summed E-state index contributed by atoms with van der Waals surface area (Å²) in [7, 11) is 0. The number of halogens is 2. The van der Waals surface area contributed by atoms with Crippen LogP contribution in [0, 0.1) is 13.8 Å². The number of nitrogens with one attached hydrogen (secondary N) is 1. The summed E-state index contributed by atoms with van der Waals surface area (Å²) in [5, 5.41) is 11.9. The van der Waals surface area contributed by atoms with E-state index in [0.717, 1.165) is 11.4 Å². The average molecular weight is 367 g/mol. The van der Waals surface area contributed by atoms with Gasteiger partial charge in [-0.15, -0.1) is 46.3 Å². The van der Waals surface area contributed by atoms with Gasteiger partial charge in [0.15, 0.2) is 0 Å². The van der Waals surface area contributed by atoms with Gasteiger partial charge in [0.1, 0.15) is 5.01 Å². The molecule has 5 nitrogen and oxygen atoms in total. The summed E-state index contributed by atoms with van der Waals surface area (Å²) in [6.07, 6.45) is 1.02. The Labute approximate surface area is 143 Å². The lowest BCUT2D eigenvalue weighted by Gasteiger charge is -1.96. The molecule has 0 saturated heterocycles. The molecule has 0 aromatic carbocycles. The second kappa shape index (κ2) is 7.02. The first-order valence-corrected chi connectivity index (χ1v) is 7.65. The third-order valence-corrected chi connectivity index (χ3v) is 4.98. The van der Waals surface area contributed by atoms with Crippen LogP contribution in [0.25, 0.3) is 0 Å². The van der Waals surface area contributed by atoms with E-state index in [1.165, 1.54) is 33.1 Å². The smallest absolute Gasteiger partial charge is 0.267 e. The van der Waals surface area contributed by atoms with E-state index in [2.05, 4.69) is 15.5 Å². The fraction of sp³-hybridized carbons (Fsp3) is 0.417. The monoisotopic (exact) mass is 366 g/mol. The molecule has 0 bridgehead atoms. The van der Waals surface area contributed by atoms with Crippen molar-refractivity contribution in [3.8, 4) is 0 Å². The van der Waals surface area contributed by atoms with Crippen molar-refractivity contribution in [2.24, 2.45) is 5.73 Å². The van der Waals surface area contributed by atoms with Crippen LogP contribution in [0.4, 0.5) is 5.13 Å². The van der Waals surface area contributed by atoms with Crippen molar-refractivity contribution in [2.45, 2.75) is 32.2 Å². The van der Waals surface area contributed by atoms with Gasteiger partial charge in [-0.2, -0.15) is 0 Å². The number of aromatic nitrogens is 2. The molecule has 2 aromatic rings. The molecule has 9 heteroatoms. The van der Waals surface area contributed by atoms with Crippen LogP contribution in [-0.2, 0) is 0 Å². The lowest BCUT2D eigenvalue weighted by atomic mass is 10.1. The topological polar surface area (TPSA) is 80.9 Å². The van der Waals surface area contributed by atoms with Crippen molar-refractivity contribution < 1.29 is 4.79 Å². The summed E-state index contributed by atoms with van der Waals surface area (Å²) >= 11 is 2.88. The van der Waals surface area contributed by atoms with Gasteiger partial charge in [-0.25, -0.2) is 0 Å². The van der Waals surface area contributed by atoms with Crippen molar-refractivity contribution in [1.82, 2.24) is 10.2 Å². The molecule has 0 aliphatic heterocycles. The minimum absolute atomic E-state index is 0. The molecule has 1 amide bonds. The normalized spacial score (nSPS) is 19.4. The zero-order valence-electron chi connectivity index (χ0n) is 11.5. The predicted octanol–water partition coefficient (Wildman–Crippen LogP) is 3.13. The second-order valence-electron chi connectivity index (χ2n) is 4.71. The van der Waals surface area contributed by atoms with Crippen molar-refractivity contribution in [1.29, 1.82) is 0 Å². The molecule has 2 aromatic heterocycles.